The van der Waals surface area contributed by atoms with Gasteiger partial charge in [0.05, 0.1) is 5.56 Å². The molecule has 1 atom stereocenters. The molecule has 34 heavy (non-hydrogen) atoms. The van der Waals surface area contributed by atoms with Gasteiger partial charge >= 0.3 is 5.97 Å². The lowest BCUT2D eigenvalue weighted by molar-refractivity contribution is -0.123. The van der Waals surface area contributed by atoms with Gasteiger partial charge in [0.25, 0.3) is 5.91 Å². The number of esters is 1. The maximum Gasteiger partial charge on any atom is 0.339 e. The van der Waals surface area contributed by atoms with Crippen molar-refractivity contribution in [1.82, 2.24) is 0 Å². The molecule has 1 aliphatic heterocycles. The van der Waals surface area contributed by atoms with E-state index in [-0.39, 0.29) is 28.3 Å². The molecular formula is C26H19NO7. The lowest BCUT2D eigenvalue weighted by Gasteiger charge is -2.20. The van der Waals surface area contributed by atoms with Gasteiger partial charge in [-0.15, -0.1) is 0 Å². The van der Waals surface area contributed by atoms with Crippen LogP contribution in [0.5, 0.6) is 11.5 Å². The molecule has 8 nitrogen and oxygen atoms in total. The Labute approximate surface area is 194 Å². The molecular weight excluding hydrogens is 438 g/mol. The van der Waals surface area contributed by atoms with Gasteiger partial charge in [-0.05, 0) is 43.3 Å². The first kappa shape index (κ1) is 21.4. The summed E-state index contributed by atoms with van der Waals surface area (Å²) in [6.45, 7) is 2.25. The summed E-state index contributed by atoms with van der Waals surface area (Å²) in [5.41, 5.74) is 1.70. The molecule has 0 radical (unpaired) electrons. The Morgan fingerprint density at radius 3 is 2.21 bits per heavy atom. The van der Waals surface area contributed by atoms with E-state index in [9.17, 15) is 19.2 Å². The standard InChI is InChI=1S/C26H19NO7/c1-14(34-26(31)15-6-9-21-22(12-15)33-11-10-32-21)25(30)27-16-7-8-19-20(13-16)24(29)18-5-3-2-4-17(18)23(19)28/h2-9,12-14H,10-11H2,1H3,(H,27,30). The summed E-state index contributed by atoms with van der Waals surface area (Å²) in [7, 11) is 0. The number of ketones is 2. The third-order valence-corrected chi connectivity index (χ3v) is 5.62. The number of benzene rings is 3. The lowest BCUT2D eigenvalue weighted by atomic mass is 9.84. The number of ether oxygens (including phenoxy) is 3. The summed E-state index contributed by atoms with van der Waals surface area (Å²) in [5.74, 6) is -0.836. The Balaban J connectivity index is 1.29. The number of carbonyl (C=O) groups is 4. The van der Waals surface area contributed by atoms with E-state index >= 15 is 0 Å². The van der Waals surface area contributed by atoms with E-state index in [0.29, 0.717) is 41.5 Å². The molecule has 0 saturated carbocycles. The van der Waals surface area contributed by atoms with Gasteiger partial charge in [0.2, 0.25) is 0 Å². The first-order valence-electron chi connectivity index (χ1n) is 10.7. The Morgan fingerprint density at radius 1 is 0.824 bits per heavy atom. The third kappa shape index (κ3) is 3.79. The number of fused-ring (bicyclic) bond motifs is 3. The van der Waals surface area contributed by atoms with Crippen LogP contribution >= 0.6 is 0 Å². The van der Waals surface area contributed by atoms with Crippen molar-refractivity contribution in [2.24, 2.45) is 0 Å². The molecule has 1 N–H and O–H groups in total. The van der Waals surface area contributed by atoms with Gasteiger partial charge in [-0.2, -0.15) is 0 Å². The summed E-state index contributed by atoms with van der Waals surface area (Å²) in [5, 5.41) is 2.63. The zero-order chi connectivity index (χ0) is 23.8. The molecule has 1 unspecified atom stereocenters. The van der Waals surface area contributed by atoms with Gasteiger partial charge < -0.3 is 19.5 Å². The molecule has 8 heteroatoms. The van der Waals surface area contributed by atoms with Crippen molar-refractivity contribution in [3.8, 4) is 11.5 Å². The zero-order valence-corrected chi connectivity index (χ0v) is 18.1. The fourth-order valence-corrected chi connectivity index (χ4v) is 3.87. The molecule has 3 aromatic rings. The van der Waals surface area contributed by atoms with Gasteiger partial charge in [0, 0.05) is 27.9 Å². The molecule has 2 aliphatic rings. The van der Waals surface area contributed by atoms with Crippen LogP contribution in [0.2, 0.25) is 0 Å². The highest BCUT2D eigenvalue weighted by molar-refractivity contribution is 6.28. The van der Waals surface area contributed by atoms with Crippen molar-refractivity contribution in [3.63, 3.8) is 0 Å². The molecule has 1 amide bonds. The van der Waals surface area contributed by atoms with Crippen molar-refractivity contribution in [3.05, 3.63) is 88.5 Å². The summed E-state index contributed by atoms with van der Waals surface area (Å²) >= 11 is 0. The molecule has 0 spiro atoms. The second kappa shape index (κ2) is 8.47. The van der Waals surface area contributed by atoms with Gasteiger partial charge in [0.15, 0.2) is 29.2 Å². The lowest BCUT2D eigenvalue weighted by Crippen LogP contribution is -2.30. The Morgan fingerprint density at radius 2 is 1.47 bits per heavy atom. The van der Waals surface area contributed by atoms with Crippen LogP contribution in [0.25, 0.3) is 0 Å². The average Bonchev–Trinajstić information content (AvgIpc) is 2.86. The minimum atomic E-state index is -1.12. The van der Waals surface area contributed by atoms with Crippen molar-refractivity contribution in [2.75, 3.05) is 18.5 Å². The molecule has 170 valence electrons. The Kier molecular flexibility index (Phi) is 5.33. The average molecular weight is 457 g/mol. The number of hydrogen-bond acceptors (Lipinski definition) is 7. The number of nitrogens with one attached hydrogen (secondary N) is 1. The number of hydrogen-bond donors (Lipinski definition) is 1. The first-order valence-corrected chi connectivity index (χ1v) is 10.7. The van der Waals surface area contributed by atoms with Crippen molar-refractivity contribution in [2.45, 2.75) is 13.0 Å². The fourth-order valence-electron chi connectivity index (χ4n) is 3.87. The van der Waals surface area contributed by atoms with E-state index in [2.05, 4.69) is 5.32 Å². The van der Waals surface area contributed by atoms with E-state index in [1.54, 1.807) is 30.3 Å². The third-order valence-electron chi connectivity index (χ3n) is 5.62. The maximum absolute atomic E-state index is 12.9. The van der Waals surface area contributed by atoms with E-state index in [1.165, 1.54) is 37.3 Å². The van der Waals surface area contributed by atoms with Crippen LogP contribution in [0.3, 0.4) is 0 Å². The highest BCUT2D eigenvalue weighted by Crippen LogP contribution is 2.31. The summed E-state index contributed by atoms with van der Waals surface area (Å²) in [6.07, 6.45) is -1.12. The largest absolute Gasteiger partial charge is 0.486 e. The summed E-state index contributed by atoms with van der Waals surface area (Å²) < 4.78 is 16.2. The molecule has 0 aromatic heterocycles. The fraction of sp³-hybridized carbons (Fsp3) is 0.154. The smallest absolute Gasteiger partial charge is 0.339 e. The normalized spacial score (nSPS) is 14.5. The minimum absolute atomic E-state index is 0.211. The van der Waals surface area contributed by atoms with Crippen LogP contribution in [0, 0.1) is 0 Å². The van der Waals surface area contributed by atoms with Gasteiger partial charge in [0.1, 0.15) is 13.2 Å². The molecule has 1 aliphatic carbocycles. The van der Waals surface area contributed by atoms with Crippen LogP contribution in [-0.4, -0.2) is 42.8 Å². The highest BCUT2D eigenvalue weighted by Gasteiger charge is 2.30. The first-order chi connectivity index (χ1) is 16.4. The van der Waals surface area contributed by atoms with E-state index in [0.717, 1.165) is 0 Å². The van der Waals surface area contributed by atoms with Crippen LogP contribution in [0.1, 0.15) is 49.1 Å². The summed E-state index contributed by atoms with van der Waals surface area (Å²) in [4.78, 5) is 50.7. The van der Waals surface area contributed by atoms with E-state index < -0.39 is 18.0 Å². The van der Waals surface area contributed by atoms with Crippen molar-refractivity contribution in [1.29, 1.82) is 0 Å². The SMILES string of the molecule is CC(OC(=O)c1ccc2c(c1)OCCO2)C(=O)Nc1ccc2c(c1)C(=O)c1ccccc1C2=O. The second-order valence-corrected chi connectivity index (χ2v) is 7.86. The molecule has 5 rings (SSSR count). The van der Waals surface area contributed by atoms with E-state index in [4.69, 9.17) is 14.2 Å². The second-order valence-electron chi connectivity index (χ2n) is 7.86. The minimum Gasteiger partial charge on any atom is -0.486 e. The molecule has 3 aromatic carbocycles. The van der Waals surface area contributed by atoms with Gasteiger partial charge in [-0.3, -0.25) is 14.4 Å². The van der Waals surface area contributed by atoms with Crippen LogP contribution in [0.4, 0.5) is 5.69 Å². The number of anilines is 1. The molecule has 0 saturated heterocycles. The molecule has 0 bridgehead atoms. The van der Waals surface area contributed by atoms with Crippen molar-refractivity contribution < 1.29 is 33.4 Å². The predicted molar refractivity (Wildman–Crippen MR) is 121 cm³/mol. The monoisotopic (exact) mass is 457 g/mol. The zero-order valence-electron chi connectivity index (χ0n) is 18.1. The predicted octanol–water partition coefficient (Wildman–Crippen LogP) is 3.42. The quantitative estimate of drug-likeness (QED) is 0.468. The molecule has 1 heterocycles. The Bertz CT molecular complexity index is 1360. The van der Waals surface area contributed by atoms with Crippen LogP contribution in [0.15, 0.2) is 60.7 Å². The van der Waals surface area contributed by atoms with Crippen LogP contribution < -0.4 is 14.8 Å². The summed E-state index contributed by atoms with van der Waals surface area (Å²) in [6, 6.07) is 15.8. The number of amides is 1. The van der Waals surface area contributed by atoms with Crippen LogP contribution in [-0.2, 0) is 9.53 Å². The van der Waals surface area contributed by atoms with Gasteiger partial charge in [-0.25, -0.2) is 4.79 Å². The van der Waals surface area contributed by atoms with E-state index in [1.807, 2.05) is 0 Å². The van der Waals surface area contributed by atoms with Crippen molar-refractivity contribution >= 4 is 29.1 Å². The van der Waals surface area contributed by atoms with Gasteiger partial charge in [-0.1, -0.05) is 24.3 Å². The highest BCUT2D eigenvalue weighted by atomic mass is 16.6. The number of carbonyl (C=O) groups excluding carboxylic acids is 4. The maximum atomic E-state index is 12.9. The number of rotatable bonds is 4. The molecule has 0 fully saturated rings. The topological polar surface area (TPSA) is 108 Å². The Hall–Kier alpha value is -4.46.